The summed E-state index contributed by atoms with van der Waals surface area (Å²) in [7, 11) is 0. The Hall–Kier alpha value is -2.70. The Balaban J connectivity index is 1.64. The molecule has 25 heavy (non-hydrogen) atoms. The minimum absolute atomic E-state index is 0.0819. The standard InChI is InChI=1S/C18H21N5O2/c1-11(2)17-20-16(21-25-17)14-7-5-9-22(14)18(24)13-10-23-12(3)6-4-8-15(23)19-13/h4,6,8,10-11,14H,5,7,9H2,1-3H3/t14-/m1/s1. The van der Waals surface area contributed by atoms with Crippen LogP contribution in [0.25, 0.3) is 5.65 Å². The first-order valence-electron chi connectivity index (χ1n) is 8.64. The number of pyridine rings is 1. The number of hydrogen-bond donors (Lipinski definition) is 0. The molecule has 3 aromatic heterocycles. The quantitative estimate of drug-likeness (QED) is 0.733. The molecule has 0 aromatic carbocycles. The van der Waals surface area contributed by atoms with Gasteiger partial charge in [-0.1, -0.05) is 25.1 Å². The highest BCUT2D eigenvalue weighted by atomic mass is 16.5. The topological polar surface area (TPSA) is 76.5 Å². The third kappa shape index (κ3) is 2.69. The lowest BCUT2D eigenvalue weighted by atomic mass is 10.2. The van der Waals surface area contributed by atoms with Crippen LogP contribution in [0, 0.1) is 6.92 Å². The number of aryl methyl sites for hydroxylation is 1. The van der Waals surface area contributed by atoms with Crippen molar-refractivity contribution in [1.29, 1.82) is 0 Å². The van der Waals surface area contributed by atoms with Gasteiger partial charge in [0.25, 0.3) is 5.91 Å². The molecule has 3 aromatic rings. The molecule has 4 heterocycles. The minimum Gasteiger partial charge on any atom is -0.339 e. The van der Waals surface area contributed by atoms with E-state index in [0.29, 0.717) is 24.0 Å². The lowest BCUT2D eigenvalue weighted by Crippen LogP contribution is -2.31. The van der Waals surface area contributed by atoms with Crippen molar-refractivity contribution in [3.63, 3.8) is 0 Å². The minimum atomic E-state index is -0.144. The normalized spacial score (nSPS) is 17.8. The van der Waals surface area contributed by atoms with Crippen molar-refractivity contribution in [2.75, 3.05) is 6.54 Å². The molecule has 7 heteroatoms. The van der Waals surface area contributed by atoms with E-state index in [4.69, 9.17) is 4.52 Å². The second-order valence-corrected chi connectivity index (χ2v) is 6.82. The summed E-state index contributed by atoms with van der Waals surface area (Å²) < 4.78 is 7.25. The summed E-state index contributed by atoms with van der Waals surface area (Å²) in [6.07, 6.45) is 3.57. The predicted molar refractivity (Wildman–Crippen MR) is 91.3 cm³/mol. The van der Waals surface area contributed by atoms with E-state index in [9.17, 15) is 4.79 Å². The number of imidazole rings is 1. The maximum Gasteiger partial charge on any atom is 0.274 e. The lowest BCUT2D eigenvalue weighted by molar-refractivity contribution is 0.0723. The molecular weight excluding hydrogens is 318 g/mol. The second kappa shape index (κ2) is 5.98. The number of amides is 1. The lowest BCUT2D eigenvalue weighted by Gasteiger charge is -2.21. The molecule has 7 nitrogen and oxygen atoms in total. The number of nitrogens with zero attached hydrogens (tertiary/aromatic N) is 5. The Bertz CT molecular complexity index is 927. The van der Waals surface area contributed by atoms with E-state index in [1.165, 1.54) is 0 Å². The molecule has 0 aliphatic carbocycles. The van der Waals surface area contributed by atoms with Crippen LogP contribution in [0.5, 0.6) is 0 Å². The van der Waals surface area contributed by atoms with Crippen molar-refractivity contribution in [2.45, 2.75) is 45.6 Å². The number of fused-ring (bicyclic) bond motifs is 1. The summed E-state index contributed by atoms with van der Waals surface area (Å²) >= 11 is 0. The van der Waals surface area contributed by atoms with Crippen LogP contribution in [-0.4, -0.2) is 36.9 Å². The van der Waals surface area contributed by atoms with Crippen LogP contribution >= 0.6 is 0 Å². The third-order valence-electron chi connectivity index (χ3n) is 4.68. The average molecular weight is 339 g/mol. The van der Waals surface area contributed by atoms with Crippen molar-refractivity contribution in [3.05, 3.63) is 47.5 Å². The van der Waals surface area contributed by atoms with E-state index in [-0.39, 0.29) is 17.9 Å². The highest BCUT2D eigenvalue weighted by Crippen LogP contribution is 2.32. The summed E-state index contributed by atoms with van der Waals surface area (Å²) in [4.78, 5) is 23.8. The fraction of sp³-hybridized carbons (Fsp3) is 0.444. The van der Waals surface area contributed by atoms with Gasteiger partial charge in [0, 0.05) is 24.4 Å². The number of aromatic nitrogens is 4. The highest BCUT2D eigenvalue weighted by Gasteiger charge is 2.35. The van der Waals surface area contributed by atoms with Crippen molar-refractivity contribution >= 4 is 11.6 Å². The van der Waals surface area contributed by atoms with Crippen LogP contribution in [0.15, 0.2) is 28.9 Å². The Morgan fingerprint density at radius 3 is 2.88 bits per heavy atom. The summed E-state index contributed by atoms with van der Waals surface area (Å²) in [6, 6.07) is 5.69. The Morgan fingerprint density at radius 1 is 1.32 bits per heavy atom. The molecule has 0 unspecified atom stereocenters. The SMILES string of the molecule is Cc1cccc2nc(C(=O)N3CCC[C@@H]3c3noc(C(C)C)n3)cn12. The van der Waals surface area contributed by atoms with E-state index in [0.717, 1.165) is 24.2 Å². The summed E-state index contributed by atoms with van der Waals surface area (Å²) in [5, 5.41) is 4.10. The summed E-state index contributed by atoms with van der Waals surface area (Å²) in [6.45, 7) is 6.69. The molecule has 1 aliphatic heterocycles. The molecule has 0 spiro atoms. The van der Waals surface area contributed by atoms with Gasteiger partial charge in [0.2, 0.25) is 5.89 Å². The Morgan fingerprint density at radius 2 is 2.16 bits per heavy atom. The number of hydrogen-bond acceptors (Lipinski definition) is 5. The van der Waals surface area contributed by atoms with Gasteiger partial charge < -0.3 is 13.8 Å². The van der Waals surface area contributed by atoms with Gasteiger partial charge >= 0.3 is 0 Å². The molecule has 1 amide bonds. The van der Waals surface area contributed by atoms with E-state index in [1.54, 1.807) is 6.20 Å². The largest absolute Gasteiger partial charge is 0.339 e. The summed E-state index contributed by atoms with van der Waals surface area (Å²) in [5.74, 6) is 1.29. The van der Waals surface area contributed by atoms with E-state index in [2.05, 4.69) is 15.1 Å². The molecule has 0 N–H and O–H groups in total. The maximum atomic E-state index is 13.0. The zero-order chi connectivity index (χ0) is 17.6. The van der Waals surface area contributed by atoms with E-state index >= 15 is 0 Å². The molecular formula is C18H21N5O2. The highest BCUT2D eigenvalue weighted by molar-refractivity contribution is 5.93. The van der Waals surface area contributed by atoms with Gasteiger partial charge in [0.15, 0.2) is 5.82 Å². The van der Waals surface area contributed by atoms with Crippen LogP contribution in [0.2, 0.25) is 0 Å². The average Bonchev–Trinajstić information content (AvgIpc) is 3.32. The number of carbonyl (C=O) groups excluding carboxylic acids is 1. The van der Waals surface area contributed by atoms with Crippen LogP contribution in [0.3, 0.4) is 0 Å². The van der Waals surface area contributed by atoms with Crippen LogP contribution in [-0.2, 0) is 0 Å². The molecule has 1 fully saturated rings. The molecule has 0 radical (unpaired) electrons. The molecule has 130 valence electrons. The first-order chi connectivity index (χ1) is 12.0. The third-order valence-corrected chi connectivity index (χ3v) is 4.68. The van der Waals surface area contributed by atoms with Gasteiger partial charge in [0.1, 0.15) is 11.3 Å². The maximum absolute atomic E-state index is 13.0. The van der Waals surface area contributed by atoms with Gasteiger partial charge in [0.05, 0.1) is 6.04 Å². The number of carbonyl (C=O) groups is 1. The van der Waals surface area contributed by atoms with Crippen molar-refractivity contribution < 1.29 is 9.32 Å². The zero-order valence-electron chi connectivity index (χ0n) is 14.6. The molecule has 1 aliphatic rings. The van der Waals surface area contributed by atoms with Crippen LogP contribution in [0.1, 0.15) is 66.5 Å². The molecule has 0 bridgehead atoms. The van der Waals surface area contributed by atoms with Crippen molar-refractivity contribution in [1.82, 2.24) is 24.4 Å². The monoisotopic (exact) mass is 339 g/mol. The first-order valence-corrected chi connectivity index (χ1v) is 8.64. The van der Waals surface area contributed by atoms with Gasteiger partial charge in [-0.3, -0.25) is 4.79 Å². The fourth-order valence-corrected chi connectivity index (χ4v) is 3.29. The molecule has 1 atom stereocenters. The molecule has 4 rings (SSSR count). The van der Waals surface area contributed by atoms with Crippen LogP contribution < -0.4 is 0 Å². The summed E-state index contributed by atoms with van der Waals surface area (Å²) in [5.41, 5.74) is 2.27. The van der Waals surface area contributed by atoms with Gasteiger partial charge in [-0.2, -0.15) is 4.98 Å². The van der Waals surface area contributed by atoms with Gasteiger partial charge in [-0.25, -0.2) is 4.98 Å². The number of likely N-dealkylation sites (tertiary alicyclic amines) is 1. The van der Waals surface area contributed by atoms with Crippen LogP contribution in [0.4, 0.5) is 0 Å². The smallest absolute Gasteiger partial charge is 0.274 e. The fourth-order valence-electron chi connectivity index (χ4n) is 3.29. The molecule has 0 saturated carbocycles. The Kier molecular flexibility index (Phi) is 3.78. The molecule has 1 saturated heterocycles. The first kappa shape index (κ1) is 15.8. The second-order valence-electron chi connectivity index (χ2n) is 6.82. The van der Waals surface area contributed by atoms with E-state index in [1.807, 2.05) is 48.3 Å². The zero-order valence-corrected chi connectivity index (χ0v) is 14.6. The van der Waals surface area contributed by atoms with Crippen molar-refractivity contribution in [2.24, 2.45) is 0 Å². The van der Waals surface area contributed by atoms with E-state index < -0.39 is 0 Å². The number of rotatable bonds is 3. The van der Waals surface area contributed by atoms with Gasteiger partial charge in [-0.15, -0.1) is 0 Å². The van der Waals surface area contributed by atoms with Gasteiger partial charge in [-0.05, 0) is 31.9 Å². The predicted octanol–water partition coefficient (Wildman–Crippen LogP) is 3.13. The van der Waals surface area contributed by atoms with Crippen molar-refractivity contribution in [3.8, 4) is 0 Å². The Labute approximate surface area is 145 Å².